The topological polar surface area (TPSA) is 71.7 Å². The number of hydrogen-bond donors (Lipinski definition) is 2. The van der Waals surface area contributed by atoms with Gasteiger partial charge in [-0.05, 0) is 37.8 Å². The van der Waals surface area contributed by atoms with Crippen LogP contribution in [-0.4, -0.2) is 30.3 Å². The van der Waals surface area contributed by atoms with E-state index in [1.165, 1.54) is 26.4 Å². The molecule has 118 valence electrons. The molecule has 1 aromatic rings. The van der Waals surface area contributed by atoms with E-state index in [1.54, 1.807) is 12.1 Å². The molecule has 5 heteroatoms. The summed E-state index contributed by atoms with van der Waals surface area (Å²) in [6, 6.07) is 3.37. The maximum Gasteiger partial charge on any atom is 0.373 e. The predicted octanol–water partition coefficient (Wildman–Crippen LogP) is 2.49. The van der Waals surface area contributed by atoms with Gasteiger partial charge in [-0.1, -0.05) is 19.3 Å². The van der Waals surface area contributed by atoms with Crippen LogP contribution < -0.4 is 5.32 Å². The lowest BCUT2D eigenvalue weighted by atomic mass is 9.76. The van der Waals surface area contributed by atoms with Crippen LogP contribution in [0.4, 0.5) is 0 Å². The highest BCUT2D eigenvalue weighted by atomic mass is 16.5. The van der Waals surface area contributed by atoms with E-state index in [1.807, 2.05) is 0 Å². The number of carbonyl (C=O) groups is 1. The van der Waals surface area contributed by atoms with Gasteiger partial charge in [-0.25, -0.2) is 4.79 Å². The molecule has 1 atom stereocenters. The second-order valence-corrected chi connectivity index (χ2v) is 6.02. The monoisotopic (exact) mass is 295 g/mol. The van der Waals surface area contributed by atoms with E-state index >= 15 is 0 Å². The fourth-order valence-corrected chi connectivity index (χ4v) is 3.04. The zero-order chi connectivity index (χ0) is 15.3. The number of ether oxygens (including phenoxy) is 1. The first-order chi connectivity index (χ1) is 10.1. The van der Waals surface area contributed by atoms with E-state index in [-0.39, 0.29) is 17.9 Å². The SMILES string of the molecule is COC(=O)c1ccc(CN[C@@](C)(CO)C2CCCCC2)o1. The van der Waals surface area contributed by atoms with Gasteiger partial charge in [0.25, 0.3) is 0 Å². The Morgan fingerprint density at radius 2 is 2.14 bits per heavy atom. The maximum atomic E-state index is 11.4. The summed E-state index contributed by atoms with van der Waals surface area (Å²) in [5.41, 5.74) is -0.307. The first-order valence-electron chi connectivity index (χ1n) is 7.62. The lowest BCUT2D eigenvalue weighted by Gasteiger charge is -2.39. The third-order valence-electron chi connectivity index (χ3n) is 4.55. The summed E-state index contributed by atoms with van der Waals surface area (Å²) in [6.45, 7) is 2.65. The molecule has 0 amide bonds. The molecule has 1 aliphatic rings. The van der Waals surface area contributed by atoms with Gasteiger partial charge in [0.15, 0.2) is 0 Å². The van der Waals surface area contributed by atoms with Crippen LogP contribution in [0.15, 0.2) is 16.5 Å². The molecule has 2 N–H and O–H groups in total. The summed E-state index contributed by atoms with van der Waals surface area (Å²) >= 11 is 0. The van der Waals surface area contributed by atoms with Gasteiger partial charge >= 0.3 is 5.97 Å². The standard InChI is InChI=1S/C16H25NO4/c1-16(11-18,12-6-4-3-5-7-12)17-10-13-8-9-14(21-13)15(19)20-2/h8-9,12,17-18H,3-7,10-11H2,1-2H3/t16-/m0/s1. The third kappa shape index (κ3) is 3.86. The molecule has 1 aromatic heterocycles. The zero-order valence-electron chi connectivity index (χ0n) is 12.9. The minimum Gasteiger partial charge on any atom is -0.463 e. The maximum absolute atomic E-state index is 11.4. The van der Waals surface area contributed by atoms with Crippen molar-refractivity contribution in [2.24, 2.45) is 5.92 Å². The van der Waals surface area contributed by atoms with Crippen LogP contribution >= 0.6 is 0 Å². The normalized spacial score (nSPS) is 19.2. The summed E-state index contributed by atoms with van der Waals surface area (Å²) in [5, 5.41) is 13.2. The highest BCUT2D eigenvalue weighted by molar-refractivity contribution is 5.86. The van der Waals surface area contributed by atoms with E-state index in [2.05, 4.69) is 17.0 Å². The summed E-state index contributed by atoms with van der Waals surface area (Å²) in [7, 11) is 1.33. The first kappa shape index (κ1) is 16.0. The van der Waals surface area contributed by atoms with Crippen molar-refractivity contribution in [3.8, 4) is 0 Å². The molecule has 1 fully saturated rings. The van der Waals surface area contributed by atoms with E-state index in [9.17, 15) is 9.90 Å². The molecule has 1 aliphatic carbocycles. The van der Waals surface area contributed by atoms with Crippen LogP contribution in [0.1, 0.15) is 55.3 Å². The Balaban J connectivity index is 1.95. The second-order valence-electron chi connectivity index (χ2n) is 6.02. The number of methoxy groups -OCH3 is 1. The van der Waals surface area contributed by atoms with E-state index in [0.29, 0.717) is 18.2 Å². The van der Waals surface area contributed by atoms with Gasteiger partial charge in [-0.15, -0.1) is 0 Å². The Morgan fingerprint density at radius 3 is 2.76 bits per heavy atom. The van der Waals surface area contributed by atoms with Gasteiger partial charge in [0.1, 0.15) is 5.76 Å². The number of nitrogens with one attached hydrogen (secondary N) is 1. The molecular weight excluding hydrogens is 270 g/mol. The van der Waals surface area contributed by atoms with Crippen molar-refractivity contribution in [2.45, 2.75) is 51.1 Å². The zero-order valence-corrected chi connectivity index (χ0v) is 12.9. The quantitative estimate of drug-likeness (QED) is 0.789. The predicted molar refractivity (Wildman–Crippen MR) is 79.0 cm³/mol. The van der Waals surface area contributed by atoms with Crippen molar-refractivity contribution in [1.29, 1.82) is 0 Å². The van der Waals surface area contributed by atoms with Crippen LogP contribution in [0, 0.1) is 5.92 Å². The van der Waals surface area contributed by atoms with Gasteiger partial charge in [0.2, 0.25) is 5.76 Å². The number of hydrogen-bond acceptors (Lipinski definition) is 5. The molecule has 0 aromatic carbocycles. The molecule has 5 nitrogen and oxygen atoms in total. The minimum atomic E-state index is -0.474. The van der Waals surface area contributed by atoms with Gasteiger partial charge in [0.05, 0.1) is 20.3 Å². The summed E-state index contributed by atoms with van der Waals surface area (Å²) < 4.78 is 10.1. The molecule has 2 rings (SSSR count). The highest BCUT2D eigenvalue weighted by Crippen LogP contribution is 2.32. The number of aliphatic hydroxyl groups is 1. The third-order valence-corrected chi connectivity index (χ3v) is 4.55. The van der Waals surface area contributed by atoms with Gasteiger partial charge in [-0.2, -0.15) is 0 Å². The van der Waals surface area contributed by atoms with Gasteiger partial charge in [0, 0.05) is 5.54 Å². The molecule has 0 aliphatic heterocycles. The molecular formula is C16H25NO4. The Bertz CT molecular complexity index is 465. The second kappa shape index (κ2) is 7.09. The molecule has 21 heavy (non-hydrogen) atoms. The Labute approximate surface area is 125 Å². The minimum absolute atomic E-state index is 0.0994. The van der Waals surface area contributed by atoms with Crippen LogP contribution in [0.2, 0.25) is 0 Å². The average molecular weight is 295 g/mol. The lowest BCUT2D eigenvalue weighted by molar-refractivity contribution is 0.0560. The Kier molecular flexibility index (Phi) is 5.42. The van der Waals surface area contributed by atoms with E-state index in [4.69, 9.17) is 4.42 Å². The summed E-state index contributed by atoms with van der Waals surface area (Å²) in [5.74, 6) is 0.883. The number of carbonyl (C=O) groups excluding carboxylic acids is 1. The van der Waals surface area contributed by atoms with E-state index in [0.717, 1.165) is 12.8 Å². The van der Waals surface area contributed by atoms with Crippen LogP contribution in [0.5, 0.6) is 0 Å². The largest absolute Gasteiger partial charge is 0.463 e. The highest BCUT2D eigenvalue weighted by Gasteiger charge is 2.34. The molecule has 0 radical (unpaired) electrons. The Hall–Kier alpha value is -1.33. The van der Waals surface area contributed by atoms with Crippen LogP contribution in [0.3, 0.4) is 0 Å². The average Bonchev–Trinajstić information content (AvgIpc) is 3.01. The van der Waals surface area contributed by atoms with Crippen molar-refractivity contribution < 1.29 is 19.1 Å². The van der Waals surface area contributed by atoms with E-state index < -0.39 is 5.97 Å². The molecule has 1 heterocycles. The molecule has 0 bridgehead atoms. The number of furan rings is 1. The number of rotatable bonds is 6. The van der Waals surface area contributed by atoms with Crippen molar-refractivity contribution in [3.63, 3.8) is 0 Å². The van der Waals surface area contributed by atoms with Gasteiger partial charge < -0.3 is 19.6 Å². The number of esters is 1. The molecule has 0 unspecified atom stereocenters. The number of aliphatic hydroxyl groups excluding tert-OH is 1. The summed E-state index contributed by atoms with van der Waals surface area (Å²) in [6.07, 6.45) is 6.05. The van der Waals surface area contributed by atoms with Crippen LogP contribution in [0.25, 0.3) is 0 Å². The molecule has 1 saturated carbocycles. The van der Waals surface area contributed by atoms with Gasteiger partial charge in [-0.3, -0.25) is 0 Å². The molecule has 0 saturated heterocycles. The van der Waals surface area contributed by atoms with Crippen LogP contribution in [-0.2, 0) is 11.3 Å². The fourth-order valence-electron chi connectivity index (χ4n) is 3.04. The van der Waals surface area contributed by atoms with Crippen molar-refractivity contribution in [2.75, 3.05) is 13.7 Å². The molecule has 0 spiro atoms. The Morgan fingerprint density at radius 1 is 1.43 bits per heavy atom. The fraction of sp³-hybridized carbons (Fsp3) is 0.688. The van der Waals surface area contributed by atoms with Crippen molar-refractivity contribution in [1.82, 2.24) is 5.32 Å². The summed E-state index contributed by atoms with van der Waals surface area (Å²) in [4.78, 5) is 11.4. The van der Waals surface area contributed by atoms with Crippen molar-refractivity contribution >= 4 is 5.97 Å². The smallest absolute Gasteiger partial charge is 0.373 e. The van der Waals surface area contributed by atoms with Crippen molar-refractivity contribution in [3.05, 3.63) is 23.7 Å². The first-order valence-corrected chi connectivity index (χ1v) is 7.62. The lowest BCUT2D eigenvalue weighted by Crippen LogP contribution is -2.52.